The molecule has 2 aliphatic rings. The second kappa shape index (κ2) is 6.05. The van der Waals surface area contributed by atoms with Crippen LogP contribution in [0.1, 0.15) is 57.8 Å². The fraction of sp³-hybridized carbons (Fsp3) is 0.857. The highest BCUT2D eigenvalue weighted by Crippen LogP contribution is 2.32. The summed E-state index contributed by atoms with van der Waals surface area (Å²) in [4.78, 5) is 11.9. The van der Waals surface area contributed by atoms with Crippen molar-refractivity contribution in [1.82, 2.24) is 5.32 Å². The molecular formula is C14H22N2O. The van der Waals surface area contributed by atoms with Crippen molar-refractivity contribution >= 4 is 5.91 Å². The summed E-state index contributed by atoms with van der Waals surface area (Å²) in [6.45, 7) is 0. The quantitative estimate of drug-likeness (QED) is 0.760. The molecule has 1 N–H and O–H groups in total. The van der Waals surface area contributed by atoms with Gasteiger partial charge in [-0.15, -0.1) is 0 Å². The van der Waals surface area contributed by atoms with Crippen LogP contribution < -0.4 is 5.32 Å². The third kappa shape index (κ3) is 4.03. The van der Waals surface area contributed by atoms with Gasteiger partial charge in [-0.2, -0.15) is 5.26 Å². The van der Waals surface area contributed by atoms with E-state index in [0.717, 1.165) is 12.8 Å². The summed E-state index contributed by atoms with van der Waals surface area (Å²) in [5, 5.41) is 11.9. The zero-order chi connectivity index (χ0) is 12.1. The van der Waals surface area contributed by atoms with Gasteiger partial charge in [0.1, 0.15) is 6.04 Å². The molecule has 0 spiro atoms. The van der Waals surface area contributed by atoms with Crippen LogP contribution in [-0.4, -0.2) is 11.9 Å². The van der Waals surface area contributed by atoms with Crippen molar-refractivity contribution < 1.29 is 4.79 Å². The van der Waals surface area contributed by atoms with Crippen LogP contribution in [0.25, 0.3) is 0 Å². The molecule has 0 aromatic heterocycles. The van der Waals surface area contributed by atoms with Gasteiger partial charge in [0.05, 0.1) is 6.07 Å². The summed E-state index contributed by atoms with van der Waals surface area (Å²) in [7, 11) is 0. The molecule has 2 fully saturated rings. The van der Waals surface area contributed by atoms with Gasteiger partial charge in [-0.05, 0) is 37.5 Å². The van der Waals surface area contributed by atoms with Crippen LogP contribution in [0.3, 0.4) is 0 Å². The number of carbonyl (C=O) groups is 1. The summed E-state index contributed by atoms with van der Waals surface area (Å²) in [5.41, 5.74) is 0. The first-order chi connectivity index (χ1) is 8.29. The number of rotatable bonds is 4. The smallest absolute Gasteiger partial charge is 0.221 e. The normalized spacial score (nSPS) is 23.5. The first kappa shape index (κ1) is 12.4. The van der Waals surface area contributed by atoms with E-state index in [1.54, 1.807) is 0 Å². The van der Waals surface area contributed by atoms with E-state index in [9.17, 15) is 4.79 Å². The van der Waals surface area contributed by atoms with Gasteiger partial charge in [-0.1, -0.05) is 25.7 Å². The number of hydrogen-bond donors (Lipinski definition) is 1. The van der Waals surface area contributed by atoms with E-state index in [0.29, 0.717) is 18.3 Å². The number of nitriles is 1. The molecular weight excluding hydrogens is 212 g/mol. The van der Waals surface area contributed by atoms with Crippen LogP contribution in [0.15, 0.2) is 0 Å². The van der Waals surface area contributed by atoms with E-state index in [4.69, 9.17) is 5.26 Å². The van der Waals surface area contributed by atoms with Crippen LogP contribution in [0.5, 0.6) is 0 Å². The third-order valence-electron chi connectivity index (χ3n) is 4.00. The number of nitrogens with zero attached hydrogens (tertiary/aromatic N) is 1. The van der Waals surface area contributed by atoms with Crippen LogP contribution >= 0.6 is 0 Å². The molecule has 0 saturated heterocycles. The molecule has 0 bridgehead atoms. The van der Waals surface area contributed by atoms with Gasteiger partial charge < -0.3 is 5.32 Å². The van der Waals surface area contributed by atoms with Crippen LogP contribution in [0.2, 0.25) is 0 Å². The van der Waals surface area contributed by atoms with Crippen LogP contribution in [0.4, 0.5) is 0 Å². The Bertz CT molecular complexity index is 296. The molecule has 2 saturated carbocycles. The summed E-state index contributed by atoms with van der Waals surface area (Å²) in [6.07, 6.45) is 10.4. The molecule has 17 heavy (non-hydrogen) atoms. The standard InChI is InChI=1S/C14H22N2O/c15-10-13(12-7-8-12)16-14(17)9-11-5-3-1-2-4-6-11/h11-13H,1-9H2,(H,16,17). The number of nitrogens with one attached hydrogen (secondary N) is 1. The molecule has 1 unspecified atom stereocenters. The van der Waals surface area contributed by atoms with E-state index in [-0.39, 0.29) is 11.9 Å². The maximum atomic E-state index is 11.9. The predicted octanol–water partition coefficient (Wildman–Crippen LogP) is 2.77. The van der Waals surface area contributed by atoms with Crippen molar-refractivity contribution in [3.05, 3.63) is 0 Å². The number of carbonyl (C=O) groups excluding carboxylic acids is 1. The Morgan fingerprint density at radius 2 is 1.82 bits per heavy atom. The molecule has 0 aromatic rings. The van der Waals surface area contributed by atoms with Gasteiger partial charge in [0.25, 0.3) is 0 Å². The lowest BCUT2D eigenvalue weighted by molar-refractivity contribution is -0.122. The van der Waals surface area contributed by atoms with Crippen LogP contribution in [0, 0.1) is 23.2 Å². The maximum Gasteiger partial charge on any atom is 0.221 e. The average Bonchev–Trinajstić information content (AvgIpc) is 3.13. The SMILES string of the molecule is N#CC(NC(=O)CC1CCCCCC1)C1CC1. The van der Waals surface area contributed by atoms with E-state index in [1.165, 1.54) is 38.5 Å². The fourth-order valence-corrected chi connectivity index (χ4v) is 2.75. The van der Waals surface area contributed by atoms with Gasteiger partial charge >= 0.3 is 0 Å². The number of amides is 1. The zero-order valence-corrected chi connectivity index (χ0v) is 10.5. The summed E-state index contributed by atoms with van der Waals surface area (Å²) in [6, 6.07) is 1.98. The third-order valence-corrected chi connectivity index (χ3v) is 4.00. The molecule has 2 aliphatic carbocycles. The Balaban J connectivity index is 1.73. The minimum Gasteiger partial charge on any atom is -0.340 e. The molecule has 2 rings (SSSR count). The highest BCUT2D eigenvalue weighted by molar-refractivity contribution is 5.77. The van der Waals surface area contributed by atoms with Crippen molar-refractivity contribution in [2.75, 3.05) is 0 Å². The highest BCUT2D eigenvalue weighted by atomic mass is 16.1. The predicted molar refractivity (Wildman–Crippen MR) is 66.1 cm³/mol. The molecule has 0 aromatic carbocycles. The first-order valence-corrected chi connectivity index (χ1v) is 6.98. The van der Waals surface area contributed by atoms with Crippen molar-refractivity contribution in [2.24, 2.45) is 11.8 Å². The van der Waals surface area contributed by atoms with E-state index >= 15 is 0 Å². The summed E-state index contributed by atoms with van der Waals surface area (Å²) < 4.78 is 0. The van der Waals surface area contributed by atoms with Gasteiger partial charge in [0.15, 0.2) is 0 Å². The van der Waals surface area contributed by atoms with E-state index in [1.807, 2.05) is 0 Å². The van der Waals surface area contributed by atoms with E-state index in [2.05, 4.69) is 11.4 Å². The highest BCUT2D eigenvalue weighted by Gasteiger charge is 2.32. The Morgan fingerprint density at radius 1 is 1.18 bits per heavy atom. The van der Waals surface area contributed by atoms with Gasteiger partial charge in [-0.3, -0.25) is 4.79 Å². The first-order valence-electron chi connectivity index (χ1n) is 6.98. The van der Waals surface area contributed by atoms with Crippen LogP contribution in [-0.2, 0) is 4.79 Å². The largest absolute Gasteiger partial charge is 0.340 e. The van der Waals surface area contributed by atoms with Crippen molar-refractivity contribution in [3.63, 3.8) is 0 Å². The lowest BCUT2D eigenvalue weighted by Gasteiger charge is -2.15. The average molecular weight is 234 g/mol. The molecule has 94 valence electrons. The Kier molecular flexibility index (Phi) is 4.42. The Hall–Kier alpha value is -1.04. The molecule has 0 aliphatic heterocycles. The van der Waals surface area contributed by atoms with Crippen molar-refractivity contribution in [3.8, 4) is 6.07 Å². The van der Waals surface area contributed by atoms with Gasteiger partial charge in [-0.25, -0.2) is 0 Å². The lowest BCUT2D eigenvalue weighted by atomic mass is 9.96. The monoisotopic (exact) mass is 234 g/mol. The molecule has 1 amide bonds. The second-order valence-electron chi connectivity index (χ2n) is 5.57. The van der Waals surface area contributed by atoms with Gasteiger partial charge in [0, 0.05) is 6.42 Å². The lowest BCUT2D eigenvalue weighted by Crippen LogP contribution is -2.36. The van der Waals surface area contributed by atoms with Crippen molar-refractivity contribution in [1.29, 1.82) is 5.26 Å². The minimum atomic E-state index is -0.228. The second-order valence-corrected chi connectivity index (χ2v) is 5.57. The topological polar surface area (TPSA) is 52.9 Å². The number of hydrogen-bond acceptors (Lipinski definition) is 2. The molecule has 3 heteroatoms. The van der Waals surface area contributed by atoms with Crippen molar-refractivity contribution in [2.45, 2.75) is 63.8 Å². The van der Waals surface area contributed by atoms with E-state index < -0.39 is 0 Å². The Labute approximate surface area is 104 Å². The molecule has 3 nitrogen and oxygen atoms in total. The summed E-state index contributed by atoms with van der Waals surface area (Å²) in [5.74, 6) is 1.07. The molecule has 1 atom stereocenters. The summed E-state index contributed by atoms with van der Waals surface area (Å²) >= 11 is 0. The van der Waals surface area contributed by atoms with Gasteiger partial charge in [0.2, 0.25) is 5.91 Å². The molecule has 0 radical (unpaired) electrons. The Morgan fingerprint density at radius 3 is 2.35 bits per heavy atom. The molecule has 0 heterocycles. The minimum absolute atomic E-state index is 0.0929. The maximum absolute atomic E-state index is 11.9. The zero-order valence-electron chi connectivity index (χ0n) is 10.5. The fourth-order valence-electron chi connectivity index (χ4n) is 2.75.